The van der Waals surface area contributed by atoms with Crippen molar-refractivity contribution in [3.63, 3.8) is 0 Å². The summed E-state index contributed by atoms with van der Waals surface area (Å²) >= 11 is 0. The average Bonchev–Trinajstić information content (AvgIpc) is 2.68. The van der Waals surface area contributed by atoms with Gasteiger partial charge in [0.15, 0.2) is 0 Å². The zero-order valence-corrected chi connectivity index (χ0v) is 14.7. The highest BCUT2D eigenvalue weighted by atomic mass is 19.4. The molecule has 0 spiro atoms. The Bertz CT molecular complexity index is 742. The maximum Gasteiger partial charge on any atom is 0.417 e. The van der Waals surface area contributed by atoms with E-state index in [1.807, 2.05) is 17.0 Å². The Hall–Kier alpha value is -2.64. The highest BCUT2D eigenvalue weighted by Crippen LogP contribution is 2.30. The number of carbonyl (C=O) groups excluding carboxylic acids is 1. The fourth-order valence-corrected chi connectivity index (χ4v) is 3.13. The largest absolute Gasteiger partial charge is 0.417 e. The van der Waals surface area contributed by atoms with Crippen LogP contribution in [0.2, 0.25) is 0 Å². The Balaban J connectivity index is 1.45. The molecule has 3 heterocycles. The van der Waals surface area contributed by atoms with Crippen molar-refractivity contribution >= 4 is 11.7 Å². The van der Waals surface area contributed by atoms with Gasteiger partial charge in [-0.15, -0.1) is 0 Å². The number of halogens is 3. The van der Waals surface area contributed by atoms with Gasteiger partial charge in [0.05, 0.1) is 5.56 Å². The molecule has 1 amide bonds. The summed E-state index contributed by atoms with van der Waals surface area (Å²) in [6.45, 7) is 1.75. The number of nitrogens with zero attached hydrogens (tertiary/aromatic N) is 3. The second-order valence-electron chi connectivity index (χ2n) is 6.57. The molecular formula is C19H21F3N4O. The third-order valence-corrected chi connectivity index (χ3v) is 4.70. The zero-order valence-electron chi connectivity index (χ0n) is 14.7. The van der Waals surface area contributed by atoms with E-state index < -0.39 is 11.7 Å². The quantitative estimate of drug-likeness (QED) is 0.869. The van der Waals surface area contributed by atoms with Crippen molar-refractivity contribution in [2.24, 2.45) is 5.92 Å². The van der Waals surface area contributed by atoms with Crippen LogP contribution < -0.4 is 10.2 Å². The van der Waals surface area contributed by atoms with E-state index in [-0.39, 0.29) is 11.8 Å². The highest BCUT2D eigenvalue weighted by Gasteiger charge is 2.31. The summed E-state index contributed by atoms with van der Waals surface area (Å²) in [4.78, 5) is 22.2. The van der Waals surface area contributed by atoms with Crippen LogP contribution in [0.25, 0.3) is 0 Å². The predicted molar refractivity (Wildman–Crippen MR) is 95.1 cm³/mol. The van der Waals surface area contributed by atoms with Crippen LogP contribution in [-0.2, 0) is 17.4 Å². The van der Waals surface area contributed by atoms with E-state index >= 15 is 0 Å². The summed E-state index contributed by atoms with van der Waals surface area (Å²) in [5.74, 6) is 0.460. The first-order chi connectivity index (χ1) is 12.9. The van der Waals surface area contributed by atoms with E-state index in [9.17, 15) is 18.0 Å². The fraction of sp³-hybridized carbons (Fsp3) is 0.421. The molecule has 0 bridgehead atoms. The molecule has 0 aromatic carbocycles. The number of piperidine rings is 1. The van der Waals surface area contributed by atoms with Crippen LogP contribution in [0, 0.1) is 5.92 Å². The molecule has 1 fully saturated rings. The van der Waals surface area contributed by atoms with E-state index in [1.54, 1.807) is 12.4 Å². The summed E-state index contributed by atoms with van der Waals surface area (Å²) in [7, 11) is 0. The number of nitrogens with one attached hydrogen (secondary N) is 1. The van der Waals surface area contributed by atoms with Crippen molar-refractivity contribution in [3.05, 3.63) is 54.0 Å². The normalized spacial score (nSPS) is 15.6. The van der Waals surface area contributed by atoms with Crippen LogP contribution in [0.3, 0.4) is 0 Å². The minimum absolute atomic E-state index is 0.0268. The Morgan fingerprint density at radius 2 is 1.96 bits per heavy atom. The van der Waals surface area contributed by atoms with E-state index in [0.29, 0.717) is 38.3 Å². The molecule has 0 radical (unpaired) electrons. The van der Waals surface area contributed by atoms with Gasteiger partial charge in [-0.05, 0) is 43.0 Å². The first-order valence-corrected chi connectivity index (χ1v) is 8.88. The van der Waals surface area contributed by atoms with Gasteiger partial charge in [-0.2, -0.15) is 13.2 Å². The molecule has 0 saturated carbocycles. The second kappa shape index (κ2) is 8.37. The molecule has 3 rings (SSSR count). The van der Waals surface area contributed by atoms with E-state index in [4.69, 9.17) is 0 Å². The lowest BCUT2D eigenvalue weighted by Crippen LogP contribution is -2.41. The van der Waals surface area contributed by atoms with Gasteiger partial charge in [-0.25, -0.2) is 4.98 Å². The maximum absolute atomic E-state index is 12.6. The molecule has 2 aromatic heterocycles. The number of anilines is 1. The number of pyridine rings is 2. The van der Waals surface area contributed by atoms with Crippen LogP contribution in [0.1, 0.15) is 24.0 Å². The second-order valence-corrected chi connectivity index (χ2v) is 6.57. The van der Waals surface area contributed by atoms with E-state index in [1.165, 1.54) is 6.07 Å². The van der Waals surface area contributed by atoms with Gasteiger partial charge in [0.2, 0.25) is 5.91 Å². The summed E-state index contributed by atoms with van der Waals surface area (Å²) in [5.41, 5.74) is 0.315. The maximum atomic E-state index is 12.6. The molecule has 144 valence electrons. The van der Waals surface area contributed by atoms with Crippen molar-refractivity contribution in [2.75, 3.05) is 24.5 Å². The van der Waals surface area contributed by atoms with Crippen molar-refractivity contribution in [1.29, 1.82) is 0 Å². The van der Waals surface area contributed by atoms with Gasteiger partial charge in [0.1, 0.15) is 5.82 Å². The molecule has 27 heavy (non-hydrogen) atoms. The lowest BCUT2D eigenvalue weighted by Gasteiger charge is -2.32. The topological polar surface area (TPSA) is 58.1 Å². The van der Waals surface area contributed by atoms with Gasteiger partial charge in [0, 0.05) is 44.1 Å². The Morgan fingerprint density at radius 3 is 2.56 bits per heavy atom. The van der Waals surface area contributed by atoms with Gasteiger partial charge in [-0.3, -0.25) is 9.78 Å². The Morgan fingerprint density at radius 1 is 1.19 bits per heavy atom. The smallest absolute Gasteiger partial charge is 0.357 e. The zero-order chi connectivity index (χ0) is 19.3. The van der Waals surface area contributed by atoms with E-state index in [0.717, 1.165) is 24.2 Å². The molecule has 1 aliphatic rings. The van der Waals surface area contributed by atoms with Crippen LogP contribution >= 0.6 is 0 Å². The third-order valence-electron chi connectivity index (χ3n) is 4.70. The van der Waals surface area contributed by atoms with Crippen LogP contribution in [0.5, 0.6) is 0 Å². The summed E-state index contributed by atoms with van der Waals surface area (Å²) < 4.78 is 37.8. The fourth-order valence-electron chi connectivity index (χ4n) is 3.13. The standard InChI is InChI=1S/C19H21F3N4O/c20-19(21,22)16-3-4-17(25-13-16)26-10-6-15(7-11-26)18(27)24-9-5-14-2-1-8-23-12-14/h1-4,8,12-13,15H,5-7,9-11H2,(H,24,27). The molecule has 0 unspecified atom stereocenters. The summed E-state index contributed by atoms with van der Waals surface area (Å²) in [5, 5.41) is 2.95. The average molecular weight is 378 g/mol. The Kier molecular flexibility index (Phi) is 5.93. The third kappa shape index (κ3) is 5.18. The number of carbonyl (C=O) groups is 1. The first-order valence-electron chi connectivity index (χ1n) is 8.88. The van der Waals surface area contributed by atoms with Crippen molar-refractivity contribution < 1.29 is 18.0 Å². The number of hydrogen-bond acceptors (Lipinski definition) is 4. The number of hydrogen-bond donors (Lipinski definition) is 1. The van der Waals surface area contributed by atoms with Crippen molar-refractivity contribution in [1.82, 2.24) is 15.3 Å². The SMILES string of the molecule is O=C(NCCc1cccnc1)C1CCN(c2ccc(C(F)(F)F)cn2)CC1. The molecular weight excluding hydrogens is 357 g/mol. The van der Waals surface area contributed by atoms with Crippen LogP contribution in [0.15, 0.2) is 42.9 Å². The lowest BCUT2D eigenvalue weighted by molar-refractivity contribution is -0.137. The molecule has 1 saturated heterocycles. The van der Waals surface area contributed by atoms with Crippen molar-refractivity contribution in [3.8, 4) is 0 Å². The highest BCUT2D eigenvalue weighted by molar-refractivity contribution is 5.79. The molecule has 0 atom stereocenters. The van der Waals surface area contributed by atoms with Gasteiger partial charge in [0.25, 0.3) is 0 Å². The van der Waals surface area contributed by atoms with Gasteiger partial charge in [-0.1, -0.05) is 6.07 Å². The first kappa shape index (κ1) is 19.1. The molecule has 5 nitrogen and oxygen atoms in total. The number of amides is 1. The lowest BCUT2D eigenvalue weighted by atomic mass is 9.96. The Labute approximate surface area is 155 Å². The summed E-state index contributed by atoms with van der Waals surface area (Å²) in [6.07, 6.45) is 2.00. The number of rotatable bonds is 5. The molecule has 2 aromatic rings. The van der Waals surface area contributed by atoms with E-state index in [2.05, 4.69) is 15.3 Å². The molecule has 0 aliphatic carbocycles. The number of alkyl halides is 3. The number of aromatic nitrogens is 2. The molecule has 1 N–H and O–H groups in total. The van der Waals surface area contributed by atoms with Gasteiger partial charge < -0.3 is 10.2 Å². The molecule has 1 aliphatic heterocycles. The van der Waals surface area contributed by atoms with Crippen molar-refractivity contribution in [2.45, 2.75) is 25.4 Å². The van der Waals surface area contributed by atoms with Crippen LogP contribution in [0.4, 0.5) is 19.0 Å². The minimum atomic E-state index is -4.38. The summed E-state index contributed by atoms with van der Waals surface area (Å²) in [6, 6.07) is 6.26. The monoisotopic (exact) mass is 378 g/mol. The minimum Gasteiger partial charge on any atom is -0.357 e. The van der Waals surface area contributed by atoms with Crippen LogP contribution in [-0.4, -0.2) is 35.5 Å². The molecule has 8 heteroatoms. The van der Waals surface area contributed by atoms with Gasteiger partial charge >= 0.3 is 6.18 Å². The predicted octanol–water partition coefficient (Wildman–Crippen LogP) is 3.07.